The molecule has 160 valence electrons. The third-order valence-corrected chi connectivity index (χ3v) is 10.0. The van der Waals surface area contributed by atoms with Gasteiger partial charge in [-0.2, -0.15) is 21.1 Å². The molecule has 1 fully saturated rings. The van der Waals surface area contributed by atoms with E-state index in [0.29, 0.717) is 24.2 Å². The summed E-state index contributed by atoms with van der Waals surface area (Å²) in [5.74, 6) is 0.525. The summed E-state index contributed by atoms with van der Waals surface area (Å²) in [6.45, 7) is 3.14. The zero-order chi connectivity index (χ0) is 21.3. The molecule has 1 unspecified atom stereocenters. The molecule has 1 atom stereocenters. The van der Waals surface area contributed by atoms with Crippen molar-refractivity contribution in [2.24, 2.45) is 4.99 Å². The number of fused-ring (bicyclic) bond motifs is 1. The summed E-state index contributed by atoms with van der Waals surface area (Å²) in [6, 6.07) is 8.78. The summed E-state index contributed by atoms with van der Waals surface area (Å²) in [7, 11) is -3.67. The number of rotatable bonds is 6. The second-order valence-electron chi connectivity index (χ2n) is 7.16. The molecule has 1 saturated heterocycles. The Bertz CT molecular complexity index is 1230. The minimum Gasteiger partial charge on any atom is -0.316 e. The highest BCUT2D eigenvalue weighted by molar-refractivity contribution is 7.98. The van der Waals surface area contributed by atoms with Crippen molar-refractivity contribution in [1.82, 2.24) is 8.87 Å². The SMILES string of the molecule is CSCCn1c(=NC(=O)C2CCCN2S(=O)(=O)c2cccs2)sc2cc(C)ccc21. The predicted octanol–water partition coefficient (Wildman–Crippen LogP) is 3.72. The van der Waals surface area contributed by atoms with Crippen LogP contribution in [0.2, 0.25) is 0 Å². The Morgan fingerprint density at radius 1 is 1.33 bits per heavy atom. The van der Waals surface area contributed by atoms with Crippen molar-refractivity contribution < 1.29 is 13.2 Å². The van der Waals surface area contributed by atoms with Crippen molar-refractivity contribution >= 4 is 60.6 Å². The zero-order valence-corrected chi connectivity index (χ0v) is 20.0. The van der Waals surface area contributed by atoms with Crippen molar-refractivity contribution in [2.45, 2.75) is 36.6 Å². The second-order valence-corrected chi connectivity index (χ2v) is 12.2. The number of carbonyl (C=O) groups excluding carboxylic acids is 1. The zero-order valence-electron chi connectivity index (χ0n) is 16.8. The maximum atomic E-state index is 13.1. The fourth-order valence-electron chi connectivity index (χ4n) is 3.63. The number of sulfonamides is 1. The van der Waals surface area contributed by atoms with Crippen LogP contribution < -0.4 is 4.80 Å². The lowest BCUT2D eigenvalue weighted by molar-refractivity contribution is -0.121. The lowest BCUT2D eigenvalue weighted by Crippen LogP contribution is -2.40. The molecule has 2 aromatic heterocycles. The number of hydrogen-bond acceptors (Lipinski definition) is 6. The molecular weight excluding hydrogens is 459 g/mol. The maximum Gasteiger partial charge on any atom is 0.266 e. The van der Waals surface area contributed by atoms with Crippen molar-refractivity contribution in [3.05, 3.63) is 46.1 Å². The highest BCUT2D eigenvalue weighted by Gasteiger charge is 2.39. The van der Waals surface area contributed by atoms with Gasteiger partial charge < -0.3 is 4.57 Å². The fourth-order valence-corrected chi connectivity index (χ4v) is 7.93. The van der Waals surface area contributed by atoms with Crippen LogP contribution in [0.25, 0.3) is 10.2 Å². The standard InChI is InChI=1S/C20H23N3O3S4/c1-14-7-8-15-17(13-14)29-20(22(15)10-12-27-2)21-19(24)16-5-3-9-23(16)30(25,26)18-6-4-11-28-18/h4,6-8,11,13,16H,3,5,9-10,12H2,1-2H3. The van der Waals surface area contributed by atoms with Gasteiger partial charge in [-0.1, -0.05) is 23.5 Å². The molecule has 4 rings (SSSR count). The Balaban J connectivity index is 1.72. The van der Waals surface area contributed by atoms with Gasteiger partial charge in [0.25, 0.3) is 15.9 Å². The van der Waals surface area contributed by atoms with Crippen LogP contribution in [0.15, 0.2) is 44.9 Å². The molecule has 1 amide bonds. The van der Waals surface area contributed by atoms with Crippen molar-refractivity contribution in [3.63, 3.8) is 0 Å². The van der Waals surface area contributed by atoms with E-state index in [4.69, 9.17) is 0 Å². The van der Waals surface area contributed by atoms with E-state index >= 15 is 0 Å². The van der Waals surface area contributed by atoms with Crippen LogP contribution in [0.3, 0.4) is 0 Å². The van der Waals surface area contributed by atoms with Gasteiger partial charge in [0.05, 0.1) is 10.2 Å². The number of carbonyl (C=O) groups is 1. The average molecular weight is 482 g/mol. The van der Waals surface area contributed by atoms with E-state index in [1.54, 1.807) is 29.3 Å². The number of aryl methyl sites for hydroxylation is 2. The van der Waals surface area contributed by atoms with Gasteiger partial charge in [-0.15, -0.1) is 11.3 Å². The number of amides is 1. The minimum absolute atomic E-state index is 0.273. The molecule has 0 bridgehead atoms. The van der Waals surface area contributed by atoms with Gasteiger partial charge in [-0.3, -0.25) is 4.79 Å². The van der Waals surface area contributed by atoms with Gasteiger partial charge in [0.2, 0.25) is 0 Å². The molecule has 0 N–H and O–H groups in total. The monoisotopic (exact) mass is 481 g/mol. The molecule has 1 aromatic carbocycles. The van der Waals surface area contributed by atoms with Crippen LogP contribution in [0.1, 0.15) is 18.4 Å². The molecule has 3 heterocycles. The number of benzene rings is 1. The number of aromatic nitrogens is 1. The quantitative estimate of drug-likeness (QED) is 0.538. The number of nitrogens with zero attached hydrogens (tertiary/aromatic N) is 3. The summed E-state index contributed by atoms with van der Waals surface area (Å²) in [4.78, 5) is 18.2. The Labute approximate surface area is 188 Å². The van der Waals surface area contributed by atoms with Crippen molar-refractivity contribution in [2.75, 3.05) is 18.6 Å². The molecule has 3 aromatic rings. The van der Waals surface area contributed by atoms with Crippen LogP contribution in [-0.4, -0.2) is 47.8 Å². The Hall–Kier alpha value is -1.46. The van der Waals surface area contributed by atoms with E-state index in [1.807, 2.05) is 13.2 Å². The molecule has 1 aliphatic rings. The molecule has 30 heavy (non-hydrogen) atoms. The van der Waals surface area contributed by atoms with Gasteiger partial charge in [-0.25, -0.2) is 8.42 Å². The first-order valence-electron chi connectivity index (χ1n) is 9.64. The van der Waals surface area contributed by atoms with Crippen molar-refractivity contribution in [3.8, 4) is 0 Å². The smallest absolute Gasteiger partial charge is 0.266 e. The minimum atomic E-state index is -3.67. The number of thioether (sulfide) groups is 1. The largest absolute Gasteiger partial charge is 0.316 e. The topological polar surface area (TPSA) is 71.7 Å². The normalized spacial score (nSPS) is 18.5. The van der Waals surface area contributed by atoms with E-state index in [2.05, 4.69) is 27.8 Å². The van der Waals surface area contributed by atoms with Crippen LogP contribution in [-0.2, 0) is 21.4 Å². The lowest BCUT2D eigenvalue weighted by Gasteiger charge is -2.20. The molecule has 0 aliphatic carbocycles. The van der Waals surface area contributed by atoms with Gasteiger partial charge in [0.1, 0.15) is 10.3 Å². The van der Waals surface area contributed by atoms with Gasteiger partial charge in [0.15, 0.2) is 4.80 Å². The van der Waals surface area contributed by atoms with E-state index in [9.17, 15) is 13.2 Å². The van der Waals surface area contributed by atoms with Crippen molar-refractivity contribution in [1.29, 1.82) is 0 Å². The highest BCUT2D eigenvalue weighted by atomic mass is 32.2. The summed E-state index contributed by atoms with van der Waals surface area (Å²) in [6.07, 6.45) is 3.21. The van der Waals surface area contributed by atoms with Gasteiger partial charge in [-0.05, 0) is 55.2 Å². The van der Waals surface area contributed by atoms with E-state index < -0.39 is 16.1 Å². The molecular formula is C20H23N3O3S4. The molecule has 6 nitrogen and oxygen atoms in total. The number of thiazole rings is 1. The fraction of sp³-hybridized carbons (Fsp3) is 0.400. The van der Waals surface area contributed by atoms with E-state index in [0.717, 1.165) is 28.1 Å². The second kappa shape index (κ2) is 8.96. The summed E-state index contributed by atoms with van der Waals surface area (Å²) >= 11 is 4.39. The first kappa shape index (κ1) is 21.8. The first-order valence-corrected chi connectivity index (χ1v) is 14.2. The van der Waals surface area contributed by atoms with Crippen LogP contribution in [0, 0.1) is 6.92 Å². The third kappa shape index (κ3) is 4.16. The Kier molecular flexibility index (Phi) is 6.50. The maximum absolute atomic E-state index is 13.1. The molecule has 10 heteroatoms. The lowest BCUT2D eigenvalue weighted by atomic mass is 10.2. The highest BCUT2D eigenvalue weighted by Crippen LogP contribution is 2.29. The number of thiophene rings is 1. The molecule has 0 saturated carbocycles. The average Bonchev–Trinajstić information content (AvgIpc) is 3.45. The summed E-state index contributed by atoms with van der Waals surface area (Å²) in [5.41, 5.74) is 2.21. The van der Waals surface area contributed by atoms with Crippen LogP contribution in [0.5, 0.6) is 0 Å². The van der Waals surface area contributed by atoms with E-state index in [-0.39, 0.29) is 10.1 Å². The third-order valence-electron chi connectivity index (χ3n) is 5.11. The van der Waals surface area contributed by atoms with Gasteiger partial charge >= 0.3 is 0 Å². The first-order chi connectivity index (χ1) is 14.4. The predicted molar refractivity (Wildman–Crippen MR) is 125 cm³/mol. The molecule has 1 aliphatic heterocycles. The summed E-state index contributed by atoms with van der Waals surface area (Å²) in [5, 5.41) is 1.73. The van der Waals surface area contributed by atoms with Gasteiger partial charge in [0, 0.05) is 18.8 Å². The van der Waals surface area contributed by atoms with E-state index in [1.165, 1.54) is 27.0 Å². The van der Waals surface area contributed by atoms with Crippen LogP contribution >= 0.6 is 34.4 Å². The summed E-state index contributed by atoms with van der Waals surface area (Å²) < 4.78 is 30.7. The Morgan fingerprint density at radius 2 is 2.17 bits per heavy atom. The molecule has 0 spiro atoms. The molecule has 0 radical (unpaired) electrons. The van der Waals surface area contributed by atoms with Crippen LogP contribution in [0.4, 0.5) is 0 Å². The Morgan fingerprint density at radius 3 is 2.90 bits per heavy atom. The number of hydrogen-bond donors (Lipinski definition) is 0.